The molecule has 0 amide bonds. The van der Waals surface area contributed by atoms with Gasteiger partial charge in [-0.25, -0.2) is 0 Å². The molecule has 0 aromatic heterocycles. The maximum atomic E-state index is 11.6. The van der Waals surface area contributed by atoms with E-state index in [4.69, 9.17) is 0 Å². The number of aliphatic carboxylic acids is 1. The van der Waals surface area contributed by atoms with E-state index in [1.807, 2.05) is 6.92 Å². The Morgan fingerprint density at radius 2 is 2.10 bits per heavy atom. The van der Waals surface area contributed by atoms with E-state index in [1.54, 1.807) is 0 Å². The first-order valence-corrected chi connectivity index (χ1v) is 8.12. The van der Waals surface area contributed by atoms with Gasteiger partial charge in [-0.05, 0) is 64.1 Å². The molecule has 0 radical (unpaired) electrons. The summed E-state index contributed by atoms with van der Waals surface area (Å²) in [5, 5.41) is 12.8. The van der Waals surface area contributed by atoms with Gasteiger partial charge in [-0.1, -0.05) is 20.8 Å². The van der Waals surface area contributed by atoms with Gasteiger partial charge in [0.15, 0.2) is 0 Å². The largest absolute Gasteiger partial charge is 0.480 e. The van der Waals surface area contributed by atoms with E-state index in [9.17, 15) is 9.90 Å². The molecule has 1 aliphatic rings. The number of carboxylic acid groups (broad SMARTS) is 1. The second-order valence-electron chi connectivity index (χ2n) is 6.51. The normalized spacial score (nSPS) is 24.6. The highest BCUT2D eigenvalue weighted by atomic mass is 16.4. The first kappa shape index (κ1) is 17.4. The van der Waals surface area contributed by atoms with Crippen LogP contribution in [-0.2, 0) is 4.79 Å². The van der Waals surface area contributed by atoms with Gasteiger partial charge in [0, 0.05) is 6.54 Å². The van der Waals surface area contributed by atoms with Crippen molar-refractivity contribution in [3.63, 3.8) is 0 Å². The van der Waals surface area contributed by atoms with Gasteiger partial charge in [-0.2, -0.15) is 0 Å². The van der Waals surface area contributed by atoms with Crippen LogP contribution in [0.5, 0.6) is 0 Å². The molecule has 0 saturated heterocycles. The summed E-state index contributed by atoms with van der Waals surface area (Å²) in [4.78, 5) is 13.9. The molecule has 1 rings (SSSR count). The van der Waals surface area contributed by atoms with E-state index >= 15 is 0 Å². The van der Waals surface area contributed by atoms with Gasteiger partial charge in [0.2, 0.25) is 0 Å². The monoisotopic (exact) mass is 284 g/mol. The molecule has 1 saturated carbocycles. The number of rotatable bonds is 11. The zero-order valence-corrected chi connectivity index (χ0v) is 13.6. The van der Waals surface area contributed by atoms with Crippen molar-refractivity contribution < 1.29 is 9.90 Å². The smallest absolute Gasteiger partial charge is 0.323 e. The number of hydrogen-bond acceptors (Lipinski definition) is 3. The fraction of sp³-hybridized carbons (Fsp3) is 0.938. The van der Waals surface area contributed by atoms with Gasteiger partial charge in [0.25, 0.3) is 0 Å². The van der Waals surface area contributed by atoms with E-state index < -0.39 is 11.5 Å². The van der Waals surface area contributed by atoms with E-state index in [0.29, 0.717) is 12.8 Å². The van der Waals surface area contributed by atoms with Crippen LogP contribution in [0.3, 0.4) is 0 Å². The molecule has 0 aromatic rings. The quantitative estimate of drug-likeness (QED) is 0.612. The zero-order valence-electron chi connectivity index (χ0n) is 13.6. The standard InChI is InChI=1S/C16H32N2O2/c1-5-9-17-16(6-2,15(19)20)8-7-10-18(4)12-14-11-13(14)3/h13-14,17H,5-12H2,1-4H3,(H,19,20). The Kier molecular flexibility index (Phi) is 6.96. The van der Waals surface area contributed by atoms with Crippen LogP contribution in [0.4, 0.5) is 0 Å². The third-order valence-electron chi connectivity index (χ3n) is 4.69. The van der Waals surface area contributed by atoms with Gasteiger partial charge in [0.05, 0.1) is 0 Å². The average molecular weight is 284 g/mol. The number of nitrogens with one attached hydrogen (secondary N) is 1. The third-order valence-corrected chi connectivity index (χ3v) is 4.69. The molecule has 0 spiro atoms. The molecule has 3 unspecified atom stereocenters. The van der Waals surface area contributed by atoms with Crippen molar-refractivity contribution in [2.24, 2.45) is 11.8 Å². The summed E-state index contributed by atoms with van der Waals surface area (Å²) in [5.41, 5.74) is -0.732. The molecular formula is C16H32N2O2. The Hall–Kier alpha value is -0.610. The van der Waals surface area contributed by atoms with Crippen molar-refractivity contribution in [2.45, 2.75) is 58.4 Å². The van der Waals surface area contributed by atoms with Crippen molar-refractivity contribution in [3.05, 3.63) is 0 Å². The minimum absolute atomic E-state index is 0.645. The molecule has 118 valence electrons. The highest BCUT2D eigenvalue weighted by molar-refractivity contribution is 5.78. The van der Waals surface area contributed by atoms with Crippen LogP contribution in [0.15, 0.2) is 0 Å². The molecule has 1 fully saturated rings. The summed E-state index contributed by atoms with van der Waals surface area (Å²) in [6.07, 6.45) is 4.62. The van der Waals surface area contributed by atoms with Crippen LogP contribution in [0, 0.1) is 11.8 Å². The maximum Gasteiger partial charge on any atom is 0.323 e. The topological polar surface area (TPSA) is 52.6 Å². The van der Waals surface area contributed by atoms with Crippen molar-refractivity contribution in [1.82, 2.24) is 10.2 Å². The second kappa shape index (κ2) is 7.99. The molecule has 2 N–H and O–H groups in total. The summed E-state index contributed by atoms with van der Waals surface area (Å²) in [6.45, 7) is 9.27. The first-order valence-electron chi connectivity index (χ1n) is 8.12. The molecule has 4 heteroatoms. The molecule has 4 nitrogen and oxygen atoms in total. The van der Waals surface area contributed by atoms with Crippen molar-refractivity contribution in [2.75, 3.05) is 26.7 Å². The van der Waals surface area contributed by atoms with Gasteiger partial charge in [-0.3, -0.25) is 4.79 Å². The van der Waals surface area contributed by atoms with Crippen LogP contribution >= 0.6 is 0 Å². The summed E-state index contributed by atoms with van der Waals surface area (Å²) < 4.78 is 0. The highest BCUT2D eigenvalue weighted by Crippen LogP contribution is 2.37. The minimum atomic E-state index is -0.732. The number of hydrogen-bond donors (Lipinski definition) is 2. The van der Waals surface area contributed by atoms with Gasteiger partial charge in [0.1, 0.15) is 5.54 Å². The molecule has 20 heavy (non-hydrogen) atoms. The molecular weight excluding hydrogens is 252 g/mol. The van der Waals surface area contributed by atoms with Gasteiger partial charge in [-0.15, -0.1) is 0 Å². The Bertz CT molecular complexity index is 309. The lowest BCUT2D eigenvalue weighted by atomic mass is 9.90. The summed E-state index contributed by atoms with van der Waals surface area (Å²) in [7, 11) is 2.15. The highest BCUT2D eigenvalue weighted by Gasteiger charge is 2.36. The fourth-order valence-corrected chi connectivity index (χ4v) is 2.88. The van der Waals surface area contributed by atoms with Crippen LogP contribution in [0.2, 0.25) is 0 Å². The molecule has 3 atom stereocenters. The SMILES string of the molecule is CCCNC(CC)(CCCN(C)CC1CC1C)C(=O)O. The number of nitrogens with zero attached hydrogens (tertiary/aromatic N) is 1. The van der Waals surface area contributed by atoms with Crippen LogP contribution in [0.25, 0.3) is 0 Å². The number of carboxylic acids is 1. The van der Waals surface area contributed by atoms with Crippen LogP contribution < -0.4 is 5.32 Å². The van der Waals surface area contributed by atoms with Gasteiger partial charge >= 0.3 is 5.97 Å². The molecule has 0 aromatic carbocycles. The van der Waals surface area contributed by atoms with Gasteiger partial charge < -0.3 is 15.3 Å². The van der Waals surface area contributed by atoms with Crippen LogP contribution in [0.1, 0.15) is 52.9 Å². The van der Waals surface area contributed by atoms with Crippen molar-refractivity contribution in [3.8, 4) is 0 Å². The second-order valence-corrected chi connectivity index (χ2v) is 6.51. The lowest BCUT2D eigenvalue weighted by Gasteiger charge is -2.30. The van der Waals surface area contributed by atoms with Crippen molar-refractivity contribution >= 4 is 5.97 Å². The van der Waals surface area contributed by atoms with E-state index in [0.717, 1.165) is 44.3 Å². The van der Waals surface area contributed by atoms with Crippen molar-refractivity contribution in [1.29, 1.82) is 0 Å². The summed E-state index contributed by atoms with van der Waals surface area (Å²) in [6, 6.07) is 0. The Labute approximate surface area is 123 Å². The molecule has 0 heterocycles. The zero-order chi connectivity index (χ0) is 15.2. The number of carbonyl (C=O) groups is 1. The summed E-state index contributed by atoms with van der Waals surface area (Å²) >= 11 is 0. The predicted molar refractivity (Wildman–Crippen MR) is 83.0 cm³/mol. The Morgan fingerprint density at radius 1 is 1.45 bits per heavy atom. The Morgan fingerprint density at radius 3 is 2.55 bits per heavy atom. The van der Waals surface area contributed by atoms with Crippen LogP contribution in [-0.4, -0.2) is 48.2 Å². The van der Waals surface area contributed by atoms with E-state index in [2.05, 4.69) is 31.1 Å². The molecule has 0 aliphatic heterocycles. The lowest BCUT2D eigenvalue weighted by molar-refractivity contribution is -0.145. The van der Waals surface area contributed by atoms with E-state index in [-0.39, 0.29) is 0 Å². The fourth-order valence-electron chi connectivity index (χ4n) is 2.88. The van der Waals surface area contributed by atoms with E-state index in [1.165, 1.54) is 6.42 Å². The third kappa shape index (κ3) is 5.06. The Balaban J connectivity index is 2.35. The predicted octanol–water partition coefficient (Wildman–Crippen LogP) is 2.59. The maximum absolute atomic E-state index is 11.6. The minimum Gasteiger partial charge on any atom is -0.480 e. The average Bonchev–Trinajstić information content (AvgIpc) is 3.08. The first-order chi connectivity index (χ1) is 9.45. The molecule has 1 aliphatic carbocycles. The lowest BCUT2D eigenvalue weighted by Crippen LogP contribution is -2.52. The summed E-state index contributed by atoms with van der Waals surface area (Å²) in [5.74, 6) is 1.05. The molecule has 0 bridgehead atoms.